The van der Waals surface area contributed by atoms with Crippen molar-refractivity contribution < 1.29 is 4.74 Å². The van der Waals surface area contributed by atoms with Gasteiger partial charge in [0, 0.05) is 11.9 Å². The maximum atomic E-state index is 6.03. The normalized spacial score (nSPS) is 10.9. The monoisotopic (exact) mass is 268 g/mol. The third kappa shape index (κ3) is 2.07. The Balaban J connectivity index is 2.07. The van der Waals surface area contributed by atoms with Crippen LogP contribution in [0.25, 0.3) is 11.0 Å². The van der Waals surface area contributed by atoms with E-state index in [9.17, 15) is 0 Å². The molecule has 0 aliphatic rings. The van der Waals surface area contributed by atoms with Crippen LogP contribution in [0.4, 0.5) is 5.95 Å². The minimum atomic E-state index is 0.477. The number of pyridine rings is 1. The highest BCUT2D eigenvalue weighted by Gasteiger charge is 2.12. The molecule has 5 heteroatoms. The summed E-state index contributed by atoms with van der Waals surface area (Å²) >= 11 is 0. The minimum Gasteiger partial charge on any atom is -0.494 e. The average molecular weight is 268 g/mol. The van der Waals surface area contributed by atoms with Crippen molar-refractivity contribution in [1.82, 2.24) is 14.5 Å². The number of anilines is 1. The van der Waals surface area contributed by atoms with Gasteiger partial charge in [0.15, 0.2) is 0 Å². The number of nitrogens with two attached hydrogens (primary N) is 1. The fraction of sp³-hybridized carbons (Fsp3) is 0.200. The molecule has 0 atom stereocenters. The van der Waals surface area contributed by atoms with Gasteiger partial charge in [-0.1, -0.05) is 12.1 Å². The number of para-hydroxylation sites is 1. The van der Waals surface area contributed by atoms with E-state index in [4.69, 9.17) is 10.5 Å². The second kappa shape index (κ2) is 4.85. The highest BCUT2D eigenvalue weighted by Crippen LogP contribution is 2.27. The van der Waals surface area contributed by atoms with Gasteiger partial charge in [0.2, 0.25) is 5.95 Å². The lowest BCUT2D eigenvalue weighted by Crippen LogP contribution is -2.04. The quantitative estimate of drug-likeness (QED) is 0.792. The Morgan fingerprint density at radius 3 is 2.80 bits per heavy atom. The minimum absolute atomic E-state index is 0.477. The summed E-state index contributed by atoms with van der Waals surface area (Å²) in [6, 6.07) is 9.85. The van der Waals surface area contributed by atoms with Crippen LogP contribution in [0.2, 0.25) is 0 Å². The van der Waals surface area contributed by atoms with Gasteiger partial charge in [-0.15, -0.1) is 0 Å². The van der Waals surface area contributed by atoms with Gasteiger partial charge in [-0.3, -0.25) is 4.98 Å². The number of fused-ring (bicyclic) bond motifs is 1. The van der Waals surface area contributed by atoms with Crippen LogP contribution in [0.3, 0.4) is 0 Å². The number of methoxy groups -OCH3 is 1. The number of benzene rings is 1. The molecule has 0 bridgehead atoms. The van der Waals surface area contributed by atoms with Gasteiger partial charge in [0.25, 0.3) is 0 Å². The van der Waals surface area contributed by atoms with Crippen LogP contribution in [0.5, 0.6) is 5.75 Å². The zero-order valence-corrected chi connectivity index (χ0v) is 11.5. The average Bonchev–Trinajstić information content (AvgIpc) is 2.77. The smallest absolute Gasteiger partial charge is 0.201 e. The number of aromatic nitrogens is 3. The Labute approximate surface area is 117 Å². The van der Waals surface area contributed by atoms with Crippen molar-refractivity contribution in [1.29, 1.82) is 0 Å². The topological polar surface area (TPSA) is 66.0 Å². The molecule has 0 unspecified atom stereocenters. The standard InChI is InChI=1S/C15H16N4O/c1-10-6-7-11(8-17-10)9-19-12-4-3-5-13(20-2)14(12)18-15(19)16/h3-8H,9H2,1-2H3,(H2,16,18). The van der Waals surface area contributed by atoms with Crippen LogP contribution in [-0.4, -0.2) is 21.6 Å². The lowest BCUT2D eigenvalue weighted by molar-refractivity contribution is 0.419. The summed E-state index contributed by atoms with van der Waals surface area (Å²) in [5.74, 6) is 1.21. The zero-order chi connectivity index (χ0) is 14.1. The highest BCUT2D eigenvalue weighted by molar-refractivity contribution is 5.84. The Kier molecular flexibility index (Phi) is 3.02. The fourth-order valence-electron chi connectivity index (χ4n) is 2.24. The molecule has 0 aliphatic heterocycles. The molecule has 3 rings (SSSR count). The second-order valence-electron chi connectivity index (χ2n) is 4.69. The van der Waals surface area contributed by atoms with Gasteiger partial charge in [0.1, 0.15) is 11.3 Å². The molecule has 102 valence electrons. The van der Waals surface area contributed by atoms with Crippen LogP contribution in [0, 0.1) is 6.92 Å². The van der Waals surface area contributed by atoms with E-state index >= 15 is 0 Å². The fourth-order valence-corrected chi connectivity index (χ4v) is 2.24. The molecule has 0 radical (unpaired) electrons. The van der Waals surface area contributed by atoms with Crippen LogP contribution in [0.15, 0.2) is 36.5 Å². The molecule has 5 nitrogen and oxygen atoms in total. The number of aryl methyl sites for hydroxylation is 1. The van der Waals surface area contributed by atoms with E-state index in [0.717, 1.165) is 28.0 Å². The van der Waals surface area contributed by atoms with Gasteiger partial charge in [-0.25, -0.2) is 4.98 Å². The van der Waals surface area contributed by atoms with Crippen LogP contribution in [-0.2, 0) is 6.54 Å². The number of nitrogen functional groups attached to an aromatic ring is 1. The van der Waals surface area contributed by atoms with Gasteiger partial charge >= 0.3 is 0 Å². The Morgan fingerprint density at radius 1 is 1.25 bits per heavy atom. The van der Waals surface area contributed by atoms with Crippen molar-refractivity contribution in [3.8, 4) is 5.75 Å². The molecular weight excluding hydrogens is 252 g/mol. The van der Waals surface area contributed by atoms with E-state index in [0.29, 0.717) is 12.5 Å². The van der Waals surface area contributed by atoms with E-state index in [2.05, 4.69) is 9.97 Å². The van der Waals surface area contributed by atoms with Gasteiger partial charge in [0.05, 0.1) is 19.2 Å². The third-order valence-corrected chi connectivity index (χ3v) is 3.30. The number of imidazole rings is 1. The Bertz CT molecular complexity index is 746. The zero-order valence-electron chi connectivity index (χ0n) is 11.5. The first kappa shape index (κ1) is 12.5. The number of nitrogens with zero attached hydrogens (tertiary/aromatic N) is 3. The molecule has 20 heavy (non-hydrogen) atoms. The second-order valence-corrected chi connectivity index (χ2v) is 4.69. The summed E-state index contributed by atoms with van der Waals surface area (Å²) in [5, 5.41) is 0. The molecule has 2 heterocycles. The van der Waals surface area contributed by atoms with Crippen LogP contribution < -0.4 is 10.5 Å². The molecule has 2 aromatic heterocycles. The van der Waals surface area contributed by atoms with Crippen molar-refractivity contribution in [3.63, 3.8) is 0 Å². The number of ether oxygens (including phenoxy) is 1. The van der Waals surface area contributed by atoms with Crippen molar-refractivity contribution in [2.75, 3.05) is 12.8 Å². The van der Waals surface area contributed by atoms with E-state index < -0.39 is 0 Å². The van der Waals surface area contributed by atoms with E-state index in [1.807, 2.05) is 48.0 Å². The van der Waals surface area contributed by atoms with E-state index in [-0.39, 0.29) is 0 Å². The summed E-state index contributed by atoms with van der Waals surface area (Å²) in [5.41, 5.74) is 9.86. The molecule has 0 saturated carbocycles. The molecule has 0 fully saturated rings. The first-order valence-electron chi connectivity index (χ1n) is 6.39. The maximum Gasteiger partial charge on any atom is 0.201 e. The predicted molar refractivity (Wildman–Crippen MR) is 78.8 cm³/mol. The summed E-state index contributed by atoms with van der Waals surface area (Å²) in [6.45, 7) is 2.61. The molecular formula is C15H16N4O. The molecule has 0 saturated heterocycles. The van der Waals surface area contributed by atoms with Crippen molar-refractivity contribution in [2.45, 2.75) is 13.5 Å². The number of rotatable bonds is 3. The van der Waals surface area contributed by atoms with Crippen molar-refractivity contribution in [2.24, 2.45) is 0 Å². The molecule has 2 N–H and O–H groups in total. The number of hydrogen-bond acceptors (Lipinski definition) is 4. The SMILES string of the molecule is COc1cccc2c1nc(N)n2Cc1ccc(C)nc1. The summed E-state index contributed by atoms with van der Waals surface area (Å²) in [7, 11) is 1.63. The molecule has 1 aromatic carbocycles. The van der Waals surface area contributed by atoms with Crippen molar-refractivity contribution >= 4 is 17.0 Å². The Hall–Kier alpha value is -2.56. The van der Waals surface area contributed by atoms with Gasteiger partial charge in [-0.05, 0) is 30.7 Å². The maximum absolute atomic E-state index is 6.03. The van der Waals surface area contributed by atoms with Crippen molar-refractivity contribution in [3.05, 3.63) is 47.8 Å². The first-order valence-corrected chi connectivity index (χ1v) is 6.39. The lowest BCUT2D eigenvalue weighted by atomic mass is 10.2. The van der Waals surface area contributed by atoms with E-state index in [1.54, 1.807) is 7.11 Å². The molecule has 0 amide bonds. The Morgan fingerprint density at radius 2 is 2.10 bits per heavy atom. The summed E-state index contributed by atoms with van der Waals surface area (Å²) < 4.78 is 7.28. The highest BCUT2D eigenvalue weighted by atomic mass is 16.5. The summed E-state index contributed by atoms with van der Waals surface area (Å²) in [4.78, 5) is 8.70. The molecule has 0 spiro atoms. The van der Waals surface area contributed by atoms with E-state index in [1.165, 1.54) is 0 Å². The van der Waals surface area contributed by atoms with Crippen LogP contribution in [0.1, 0.15) is 11.3 Å². The predicted octanol–water partition coefficient (Wildman–Crippen LogP) is 2.38. The van der Waals surface area contributed by atoms with Crippen LogP contribution >= 0.6 is 0 Å². The largest absolute Gasteiger partial charge is 0.494 e. The lowest BCUT2D eigenvalue weighted by Gasteiger charge is -2.07. The molecule has 3 aromatic rings. The summed E-state index contributed by atoms with van der Waals surface area (Å²) in [6.07, 6.45) is 1.86. The van der Waals surface area contributed by atoms with Gasteiger partial charge in [-0.2, -0.15) is 0 Å². The third-order valence-electron chi connectivity index (χ3n) is 3.30. The molecule has 0 aliphatic carbocycles. The first-order chi connectivity index (χ1) is 9.69. The van der Waals surface area contributed by atoms with Gasteiger partial charge < -0.3 is 15.0 Å². The number of hydrogen-bond donors (Lipinski definition) is 1.